The number of nitrogens with zero attached hydrogens (tertiary/aromatic N) is 5. The summed E-state index contributed by atoms with van der Waals surface area (Å²) in [6.45, 7) is 8.74. The van der Waals surface area contributed by atoms with E-state index in [9.17, 15) is 9.90 Å². The minimum Gasteiger partial charge on any atom is -0.497 e. The first-order valence-corrected chi connectivity index (χ1v) is 20.9. The highest BCUT2D eigenvalue weighted by Gasteiger charge is 2.66. The molecule has 3 aliphatic rings. The molecular formula is C39H47N5O5Si. The highest BCUT2D eigenvalue weighted by atomic mass is 28.3. The molecule has 1 spiro atoms. The normalized spacial score (nSPS) is 23.6. The topological polar surface area (TPSA) is 110 Å². The van der Waals surface area contributed by atoms with Crippen molar-refractivity contribution in [1.82, 2.24) is 15.0 Å². The molecule has 50 heavy (non-hydrogen) atoms. The van der Waals surface area contributed by atoms with Gasteiger partial charge in [0.05, 0.1) is 39.2 Å². The van der Waals surface area contributed by atoms with Crippen molar-refractivity contribution in [3.63, 3.8) is 0 Å². The van der Waals surface area contributed by atoms with Gasteiger partial charge < -0.3 is 24.4 Å². The molecule has 7 rings (SSSR count). The van der Waals surface area contributed by atoms with Crippen LogP contribution in [0.5, 0.6) is 5.75 Å². The van der Waals surface area contributed by atoms with Crippen LogP contribution in [0.3, 0.4) is 0 Å². The van der Waals surface area contributed by atoms with Crippen LogP contribution in [0, 0.1) is 5.92 Å². The Bertz CT molecular complexity index is 1840. The van der Waals surface area contributed by atoms with Crippen LogP contribution in [0.15, 0.2) is 79.0 Å². The van der Waals surface area contributed by atoms with Crippen LogP contribution in [0.2, 0.25) is 18.6 Å². The number of hydrogen-bond donors (Lipinski definition) is 1. The molecule has 2 saturated heterocycles. The average molecular weight is 694 g/mol. The highest BCUT2D eigenvalue weighted by molar-refractivity contribution is 6.91. The molecule has 3 aliphatic heterocycles. The molecule has 2 fully saturated rings. The van der Waals surface area contributed by atoms with Gasteiger partial charge in [0.1, 0.15) is 5.75 Å². The zero-order valence-electron chi connectivity index (χ0n) is 29.4. The van der Waals surface area contributed by atoms with Crippen LogP contribution < -0.4 is 19.7 Å². The minimum atomic E-state index is -2.28. The maximum atomic E-state index is 15.0. The molecule has 0 aliphatic carbocycles. The summed E-state index contributed by atoms with van der Waals surface area (Å²) in [5.74, 6) is 0.850. The second-order valence-corrected chi connectivity index (χ2v) is 19.2. The first-order chi connectivity index (χ1) is 24.2. The fraction of sp³-hybridized carbons (Fsp3) is 0.436. The minimum absolute atomic E-state index is 0.0223. The van der Waals surface area contributed by atoms with Crippen molar-refractivity contribution < 1.29 is 24.2 Å². The number of fused-ring (bicyclic) bond motifs is 2. The van der Waals surface area contributed by atoms with Crippen LogP contribution >= 0.6 is 0 Å². The molecule has 1 N–H and O–H groups in total. The number of amides is 2. The molecule has 3 aromatic carbocycles. The Kier molecular flexibility index (Phi) is 9.40. The predicted molar refractivity (Wildman–Crippen MR) is 195 cm³/mol. The summed E-state index contributed by atoms with van der Waals surface area (Å²) < 4.78 is 14.6. The number of carbonyl (C=O) groups is 2. The number of aryl methyl sites for hydroxylation is 1. The molecule has 0 bridgehead atoms. The summed E-state index contributed by atoms with van der Waals surface area (Å²) in [5, 5.41) is 19.2. The van der Waals surface area contributed by atoms with Crippen molar-refractivity contribution >= 4 is 36.4 Å². The number of aliphatic hydroxyl groups is 1. The predicted octanol–water partition coefficient (Wildman–Crippen LogP) is 5.19. The van der Waals surface area contributed by atoms with E-state index in [0.717, 1.165) is 53.3 Å². The summed E-state index contributed by atoms with van der Waals surface area (Å²) in [6.07, 6.45) is 5.34. The number of benzene rings is 3. The molecular weight excluding hydrogens is 647 g/mol. The average Bonchev–Trinajstić information content (AvgIpc) is 3.78. The van der Waals surface area contributed by atoms with Gasteiger partial charge in [-0.1, -0.05) is 72.9 Å². The molecule has 1 aromatic heterocycles. The quantitative estimate of drug-likeness (QED) is 0.216. The van der Waals surface area contributed by atoms with Gasteiger partial charge in [0, 0.05) is 55.9 Å². The Morgan fingerprint density at radius 1 is 1.02 bits per heavy atom. The van der Waals surface area contributed by atoms with E-state index < -0.39 is 13.7 Å². The number of methoxy groups -OCH3 is 1. The van der Waals surface area contributed by atoms with Gasteiger partial charge in [-0.2, -0.15) is 0 Å². The van der Waals surface area contributed by atoms with Crippen molar-refractivity contribution in [2.24, 2.45) is 5.92 Å². The van der Waals surface area contributed by atoms with Gasteiger partial charge in [0.2, 0.25) is 5.91 Å². The first kappa shape index (κ1) is 34.1. The standard InChI is InChI=1S/C39H47N5O5Si/c1-27-37(50(3,4)32-18-16-31(48-2)17-19-32)35(20-23-42-26-29(21-24-45)40-41-42)49-39(27)33-9-5-6-10-34(33)44(38(39)47)25-28-12-14-30(15-13-28)43-22-8-7-11-36(43)46/h5-6,9-10,12-19,26-27,35,37,45H,7-8,11,20-25H2,1-4H3/t27-,35+,37-,39+/m1/s1. The number of ether oxygens (including phenoxy) is 2. The second-order valence-electron chi connectivity index (χ2n) is 14.5. The highest BCUT2D eigenvalue weighted by Crippen LogP contribution is 2.60. The lowest BCUT2D eigenvalue weighted by Crippen LogP contribution is -2.51. The van der Waals surface area contributed by atoms with Crippen LogP contribution in [0.1, 0.15) is 49.4 Å². The fourth-order valence-corrected chi connectivity index (χ4v) is 12.7. The first-order valence-electron chi connectivity index (χ1n) is 17.8. The summed E-state index contributed by atoms with van der Waals surface area (Å²) >= 11 is 0. The molecule has 10 nitrogen and oxygen atoms in total. The summed E-state index contributed by atoms with van der Waals surface area (Å²) in [4.78, 5) is 31.4. The number of aromatic nitrogens is 3. The number of piperidine rings is 1. The Morgan fingerprint density at radius 3 is 2.50 bits per heavy atom. The van der Waals surface area contributed by atoms with E-state index in [1.807, 2.05) is 75.3 Å². The molecule has 0 unspecified atom stereocenters. The maximum Gasteiger partial charge on any atom is 0.264 e. The van der Waals surface area contributed by atoms with Crippen LogP contribution in [-0.4, -0.2) is 66.4 Å². The molecule has 0 radical (unpaired) electrons. The second kappa shape index (κ2) is 13.8. The summed E-state index contributed by atoms with van der Waals surface area (Å²) in [7, 11) is -0.605. The SMILES string of the molecule is COc1ccc([Si](C)(C)[C@H]2[C@H](CCn3cc(CCO)nn3)O[C@@]3(C(=O)N(Cc4ccc(N5CCCCC5=O)cc4)c4ccccc43)[C@@H]2C)cc1. The Balaban J connectivity index is 1.22. The summed E-state index contributed by atoms with van der Waals surface area (Å²) in [6, 6.07) is 24.6. The number of aliphatic hydroxyl groups excluding tert-OH is 1. The summed E-state index contributed by atoms with van der Waals surface area (Å²) in [5.41, 5.74) is 3.43. The van der Waals surface area contributed by atoms with E-state index >= 15 is 4.79 Å². The van der Waals surface area contributed by atoms with Gasteiger partial charge in [0.15, 0.2) is 5.60 Å². The van der Waals surface area contributed by atoms with Crippen molar-refractivity contribution in [1.29, 1.82) is 0 Å². The van der Waals surface area contributed by atoms with Crippen molar-refractivity contribution in [2.75, 3.05) is 30.1 Å². The van der Waals surface area contributed by atoms with E-state index in [1.165, 1.54) is 5.19 Å². The molecule has 2 amide bonds. The Labute approximate surface area is 295 Å². The third-order valence-electron chi connectivity index (χ3n) is 11.3. The molecule has 4 heterocycles. The Hall–Kier alpha value is -4.32. The van der Waals surface area contributed by atoms with Crippen LogP contribution in [0.4, 0.5) is 11.4 Å². The zero-order chi connectivity index (χ0) is 35.0. The lowest BCUT2D eigenvalue weighted by molar-refractivity contribution is -0.146. The Morgan fingerprint density at radius 2 is 1.78 bits per heavy atom. The number of anilines is 2. The van der Waals surface area contributed by atoms with Gasteiger partial charge in [-0.15, -0.1) is 5.10 Å². The van der Waals surface area contributed by atoms with E-state index in [1.54, 1.807) is 7.11 Å². The molecule has 4 atom stereocenters. The van der Waals surface area contributed by atoms with E-state index in [4.69, 9.17) is 9.47 Å². The number of rotatable bonds is 11. The van der Waals surface area contributed by atoms with Crippen molar-refractivity contribution in [3.05, 3.63) is 95.8 Å². The molecule has 262 valence electrons. The van der Waals surface area contributed by atoms with Gasteiger partial charge in [-0.05, 0) is 60.7 Å². The number of hydrogen-bond acceptors (Lipinski definition) is 7. The largest absolute Gasteiger partial charge is 0.497 e. The van der Waals surface area contributed by atoms with E-state index in [2.05, 4.69) is 48.5 Å². The van der Waals surface area contributed by atoms with Crippen molar-refractivity contribution in [2.45, 2.75) is 82.5 Å². The van der Waals surface area contributed by atoms with Gasteiger partial charge >= 0.3 is 0 Å². The van der Waals surface area contributed by atoms with Gasteiger partial charge in [-0.3, -0.25) is 14.3 Å². The zero-order valence-corrected chi connectivity index (χ0v) is 30.4. The molecule has 0 saturated carbocycles. The number of carbonyl (C=O) groups excluding carboxylic acids is 2. The van der Waals surface area contributed by atoms with E-state index in [0.29, 0.717) is 32.4 Å². The van der Waals surface area contributed by atoms with Gasteiger partial charge in [-0.25, -0.2) is 0 Å². The molecule has 4 aromatic rings. The van der Waals surface area contributed by atoms with Crippen LogP contribution in [0.25, 0.3) is 0 Å². The van der Waals surface area contributed by atoms with Gasteiger partial charge in [0.25, 0.3) is 5.91 Å². The monoisotopic (exact) mass is 693 g/mol. The number of para-hydroxylation sites is 1. The smallest absolute Gasteiger partial charge is 0.264 e. The maximum absolute atomic E-state index is 15.0. The fourth-order valence-electron chi connectivity index (χ4n) is 8.67. The van der Waals surface area contributed by atoms with Crippen LogP contribution in [-0.2, 0) is 39.4 Å². The lowest BCUT2D eigenvalue weighted by atomic mass is 9.82. The van der Waals surface area contributed by atoms with E-state index in [-0.39, 0.29) is 36.0 Å². The molecule has 11 heteroatoms. The lowest BCUT2D eigenvalue weighted by Gasteiger charge is -2.37. The third kappa shape index (κ3) is 5.94. The third-order valence-corrected chi connectivity index (χ3v) is 15.6. The van der Waals surface area contributed by atoms with Crippen molar-refractivity contribution in [3.8, 4) is 5.75 Å².